The summed E-state index contributed by atoms with van der Waals surface area (Å²) in [6, 6.07) is 0. The molecule has 1 spiro atoms. The van der Waals surface area contributed by atoms with E-state index >= 15 is 0 Å². The minimum absolute atomic E-state index is 0.0474. The van der Waals surface area contributed by atoms with E-state index < -0.39 is 23.2 Å². The van der Waals surface area contributed by atoms with Crippen LogP contribution in [0.1, 0.15) is 79.6 Å². The molecule has 0 radical (unpaired) electrons. The van der Waals surface area contributed by atoms with Gasteiger partial charge >= 0.3 is 5.97 Å². The molecule has 6 aliphatic rings. The highest BCUT2D eigenvalue weighted by atomic mass is 16.6. The highest BCUT2D eigenvalue weighted by Gasteiger charge is 2.82. The zero-order valence-corrected chi connectivity index (χ0v) is 22.1. The Morgan fingerprint density at radius 3 is 2.51 bits per heavy atom. The number of carbonyl (C=O) groups is 2. The lowest BCUT2D eigenvalue weighted by atomic mass is 9.43. The predicted octanol–water partition coefficient (Wildman–Crippen LogP) is 4.23. The van der Waals surface area contributed by atoms with Crippen LogP contribution in [-0.4, -0.2) is 54.0 Å². The summed E-state index contributed by atoms with van der Waals surface area (Å²) in [6.45, 7) is 10.8. The Hall–Kier alpha value is -1.24. The van der Waals surface area contributed by atoms with Gasteiger partial charge in [0.1, 0.15) is 23.6 Å². The zero-order valence-electron chi connectivity index (χ0n) is 22.1. The number of hydrogen-bond donors (Lipinski definition) is 1. The van der Waals surface area contributed by atoms with E-state index in [1.54, 1.807) is 7.11 Å². The number of hydrogen-bond acceptors (Lipinski definition) is 6. The lowest BCUT2D eigenvalue weighted by Crippen LogP contribution is -2.68. The normalized spacial score (nSPS) is 53.8. The van der Waals surface area contributed by atoms with E-state index in [0.29, 0.717) is 23.7 Å². The highest BCUT2D eigenvalue weighted by molar-refractivity contribution is 5.90. The number of esters is 1. The maximum atomic E-state index is 13.7. The van der Waals surface area contributed by atoms with Gasteiger partial charge in [-0.2, -0.15) is 0 Å². The summed E-state index contributed by atoms with van der Waals surface area (Å²) in [5.41, 5.74) is 0.698. The number of rotatable bonds is 3. The van der Waals surface area contributed by atoms with Gasteiger partial charge in [-0.05, 0) is 87.9 Å². The van der Waals surface area contributed by atoms with E-state index in [1.807, 2.05) is 6.92 Å². The molecule has 5 fully saturated rings. The van der Waals surface area contributed by atoms with E-state index in [-0.39, 0.29) is 41.7 Å². The average molecular weight is 487 g/mol. The van der Waals surface area contributed by atoms with Crippen molar-refractivity contribution >= 4 is 11.8 Å². The van der Waals surface area contributed by atoms with Crippen LogP contribution in [0.4, 0.5) is 0 Å². The standard InChI is InChI=1S/C29H42O6/c1-14-11-21(34-26(32)15(14)2)16(3)18-7-8-19-17-12-24-29(35-24)25(31)22(33-6)13-23(30)28(29,5)20(17)9-10-27(18,19)4/h16-22,24-25,31H,7-13H2,1-6H3/t16-,17-,18+,19-,20-,21+,22?,24+,25-,27+,28-,29-/m0/s1. The van der Waals surface area contributed by atoms with Crippen molar-refractivity contribution in [1.29, 1.82) is 0 Å². The largest absolute Gasteiger partial charge is 0.458 e. The van der Waals surface area contributed by atoms with Crippen molar-refractivity contribution in [1.82, 2.24) is 0 Å². The maximum Gasteiger partial charge on any atom is 0.333 e. The lowest BCUT2D eigenvalue weighted by molar-refractivity contribution is -0.183. The number of aliphatic hydroxyl groups is 1. The number of epoxide rings is 1. The first kappa shape index (κ1) is 24.1. The Labute approximate surface area is 209 Å². The molecule has 2 aliphatic heterocycles. The molecule has 4 saturated carbocycles. The Bertz CT molecular complexity index is 988. The Morgan fingerprint density at radius 1 is 1.09 bits per heavy atom. The number of ketones is 1. The van der Waals surface area contributed by atoms with E-state index in [0.717, 1.165) is 49.7 Å². The zero-order chi connectivity index (χ0) is 25.1. The third kappa shape index (κ3) is 2.88. The number of fused-ring (bicyclic) bond motifs is 4. The molecular formula is C29H42O6. The van der Waals surface area contributed by atoms with Crippen LogP contribution in [0.25, 0.3) is 0 Å². The van der Waals surface area contributed by atoms with Crippen molar-refractivity contribution in [2.24, 2.45) is 40.4 Å². The van der Waals surface area contributed by atoms with Gasteiger partial charge in [0.05, 0.1) is 17.6 Å². The smallest absolute Gasteiger partial charge is 0.333 e. The second-order valence-corrected chi connectivity index (χ2v) is 13.2. The van der Waals surface area contributed by atoms with Crippen LogP contribution in [0.15, 0.2) is 11.1 Å². The van der Waals surface area contributed by atoms with Gasteiger partial charge < -0.3 is 19.3 Å². The summed E-state index contributed by atoms with van der Waals surface area (Å²) in [6.07, 6.45) is 5.11. The van der Waals surface area contributed by atoms with Crippen LogP contribution in [-0.2, 0) is 23.8 Å². The number of methoxy groups -OCH3 is 1. The quantitative estimate of drug-likeness (QED) is 0.475. The van der Waals surface area contributed by atoms with Gasteiger partial charge in [-0.25, -0.2) is 4.79 Å². The number of carbonyl (C=O) groups excluding carboxylic acids is 2. The Balaban J connectivity index is 1.27. The molecule has 35 heavy (non-hydrogen) atoms. The monoisotopic (exact) mass is 486 g/mol. The van der Waals surface area contributed by atoms with E-state index in [9.17, 15) is 14.7 Å². The molecule has 6 rings (SSSR count). The van der Waals surface area contributed by atoms with Crippen molar-refractivity contribution in [2.75, 3.05) is 7.11 Å². The molecule has 194 valence electrons. The molecule has 0 aromatic rings. The minimum Gasteiger partial charge on any atom is -0.458 e. The van der Waals surface area contributed by atoms with Gasteiger partial charge in [-0.1, -0.05) is 19.4 Å². The van der Waals surface area contributed by atoms with Crippen LogP contribution in [0.2, 0.25) is 0 Å². The van der Waals surface area contributed by atoms with Crippen LogP contribution < -0.4 is 0 Å². The van der Waals surface area contributed by atoms with Gasteiger partial charge in [-0.3, -0.25) is 4.79 Å². The van der Waals surface area contributed by atoms with Gasteiger partial charge in [0.15, 0.2) is 0 Å². The van der Waals surface area contributed by atoms with Crippen molar-refractivity contribution in [2.45, 2.75) is 110 Å². The second kappa shape index (κ2) is 7.64. The molecule has 0 aromatic heterocycles. The summed E-state index contributed by atoms with van der Waals surface area (Å²) in [4.78, 5) is 26.1. The third-order valence-electron chi connectivity index (χ3n) is 12.3. The average Bonchev–Trinajstić information content (AvgIpc) is 3.46. The number of ether oxygens (including phenoxy) is 3. The van der Waals surface area contributed by atoms with Gasteiger partial charge in [0.2, 0.25) is 0 Å². The summed E-state index contributed by atoms with van der Waals surface area (Å²) < 4.78 is 17.8. The fourth-order valence-corrected chi connectivity index (χ4v) is 10.1. The maximum absolute atomic E-state index is 13.7. The minimum atomic E-state index is -0.763. The molecule has 1 N–H and O–H groups in total. The van der Waals surface area contributed by atoms with E-state index in [4.69, 9.17) is 14.2 Å². The summed E-state index contributed by atoms with van der Waals surface area (Å²) in [5, 5.41) is 11.2. The fourth-order valence-electron chi connectivity index (χ4n) is 10.1. The molecule has 6 heteroatoms. The Morgan fingerprint density at radius 2 is 1.83 bits per heavy atom. The molecule has 1 unspecified atom stereocenters. The molecule has 12 atom stereocenters. The van der Waals surface area contributed by atoms with Crippen LogP contribution in [0, 0.1) is 40.4 Å². The molecule has 2 heterocycles. The van der Waals surface area contributed by atoms with Crippen LogP contribution in [0.3, 0.4) is 0 Å². The molecule has 6 nitrogen and oxygen atoms in total. The molecule has 1 saturated heterocycles. The third-order valence-corrected chi connectivity index (χ3v) is 12.3. The number of aliphatic hydroxyl groups excluding tert-OH is 1. The lowest BCUT2D eigenvalue weighted by Gasteiger charge is -2.59. The summed E-state index contributed by atoms with van der Waals surface area (Å²) in [7, 11) is 1.58. The molecular weight excluding hydrogens is 444 g/mol. The summed E-state index contributed by atoms with van der Waals surface area (Å²) in [5.74, 6) is 2.09. The molecule has 0 bridgehead atoms. The first-order valence-corrected chi connectivity index (χ1v) is 13.8. The van der Waals surface area contributed by atoms with Gasteiger partial charge in [-0.15, -0.1) is 0 Å². The molecule has 4 aliphatic carbocycles. The van der Waals surface area contributed by atoms with E-state index in [2.05, 4.69) is 27.7 Å². The SMILES string of the molecule is COC1CC(=O)[C@]2(C)[C@H]3CC[C@]4(C)[C@@H]([C@H](C)[C@H]5CC(C)=C(C)C(=O)O5)CC[C@H]4[C@@H]3C[C@H]3O[C@]32[C@H]1O. The van der Waals surface area contributed by atoms with Crippen molar-refractivity contribution in [3.63, 3.8) is 0 Å². The van der Waals surface area contributed by atoms with Gasteiger partial charge in [0, 0.05) is 25.5 Å². The van der Waals surface area contributed by atoms with Crippen molar-refractivity contribution < 1.29 is 28.9 Å². The number of cyclic esters (lactones) is 1. The fraction of sp³-hybridized carbons (Fsp3) is 0.862. The van der Waals surface area contributed by atoms with Crippen molar-refractivity contribution in [3.05, 3.63) is 11.1 Å². The molecule has 0 amide bonds. The highest BCUT2D eigenvalue weighted by Crippen LogP contribution is 2.73. The van der Waals surface area contributed by atoms with Crippen molar-refractivity contribution in [3.8, 4) is 0 Å². The van der Waals surface area contributed by atoms with E-state index in [1.165, 1.54) is 0 Å². The Kier molecular flexibility index (Phi) is 5.27. The number of Topliss-reactive ketones (excluding diaryl/α,β-unsaturated/α-hetero) is 1. The predicted molar refractivity (Wildman–Crippen MR) is 129 cm³/mol. The topological polar surface area (TPSA) is 85.4 Å². The molecule has 0 aromatic carbocycles. The van der Waals surface area contributed by atoms with Crippen LogP contribution in [0.5, 0.6) is 0 Å². The second-order valence-electron chi connectivity index (χ2n) is 13.2. The first-order chi connectivity index (χ1) is 16.5. The van der Waals surface area contributed by atoms with Crippen LogP contribution >= 0.6 is 0 Å². The first-order valence-electron chi connectivity index (χ1n) is 13.8. The van der Waals surface area contributed by atoms with Gasteiger partial charge in [0.25, 0.3) is 0 Å². The summed E-state index contributed by atoms with van der Waals surface area (Å²) >= 11 is 0.